The van der Waals surface area contributed by atoms with E-state index >= 15 is 0 Å². The summed E-state index contributed by atoms with van der Waals surface area (Å²) in [5, 5.41) is 5.32. The summed E-state index contributed by atoms with van der Waals surface area (Å²) >= 11 is 0. The van der Waals surface area contributed by atoms with Gasteiger partial charge in [-0.1, -0.05) is 62.9 Å². The third-order valence-electron chi connectivity index (χ3n) is 4.30. The minimum Gasteiger partial charge on any atom is -0.444 e. The SMILES string of the molecule is CCCCCC[C@H](NC(=O)OC(C)(C)C)C(=O)N[C@@H](Cc1ccccc1)C(N)=O. The molecule has 0 saturated carbocycles. The van der Waals surface area contributed by atoms with Gasteiger partial charge in [-0.15, -0.1) is 0 Å². The van der Waals surface area contributed by atoms with E-state index in [0.29, 0.717) is 6.42 Å². The van der Waals surface area contributed by atoms with Crippen molar-refractivity contribution >= 4 is 17.9 Å². The zero-order chi connectivity index (χ0) is 21.9. The van der Waals surface area contributed by atoms with E-state index in [9.17, 15) is 14.4 Å². The fraction of sp³-hybridized carbons (Fsp3) is 0.591. The molecule has 1 aromatic rings. The molecule has 0 unspecified atom stereocenters. The number of primary amides is 1. The molecule has 162 valence electrons. The highest BCUT2D eigenvalue weighted by Crippen LogP contribution is 2.10. The van der Waals surface area contributed by atoms with Gasteiger partial charge in [0.05, 0.1) is 0 Å². The van der Waals surface area contributed by atoms with Gasteiger partial charge in [-0.2, -0.15) is 0 Å². The van der Waals surface area contributed by atoms with Gasteiger partial charge >= 0.3 is 6.09 Å². The Hall–Kier alpha value is -2.57. The van der Waals surface area contributed by atoms with Gasteiger partial charge < -0.3 is 21.1 Å². The van der Waals surface area contributed by atoms with E-state index in [2.05, 4.69) is 17.6 Å². The summed E-state index contributed by atoms with van der Waals surface area (Å²) in [5.41, 5.74) is 5.71. The third kappa shape index (κ3) is 10.5. The number of hydrogen-bond acceptors (Lipinski definition) is 4. The average molecular weight is 406 g/mol. The van der Waals surface area contributed by atoms with Gasteiger partial charge in [0.25, 0.3) is 0 Å². The first-order valence-electron chi connectivity index (χ1n) is 10.3. The van der Waals surface area contributed by atoms with E-state index in [4.69, 9.17) is 10.5 Å². The molecule has 1 rings (SSSR count). The molecular weight excluding hydrogens is 370 g/mol. The molecule has 0 heterocycles. The van der Waals surface area contributed by atoms with Crippen LogP contribution in [0, 0.1) is 0 Å². The van der Waals surface area contributed by atoms with Crippen LogP contribution in [0.4, 0.5) is 4.79 Å². The number of nitrogens with two attached hydrogens (primary N) is 1. The number of carbonyl (C=O) groups excluding carboxylic acids is 3. The topological polar surface area (TPSA) is 111 Å². The largest absolute Gasteiger partial charge is 0.444 e. The summed E-state index contributed by atoms with van der Waals surface area (Å²) in [5.74, 6) is -1.06. The Morgan fingerprint density at radius 3 is 2.21 bits per heavy atom. The molecule has 0 aliphatic rings. The second kappa shape index (κ2) is 12.1. The van der Waals surface area contributed by atoms with Crippen molar-refractivity contribution in [3.05, 3.63) is 35.9 Å². The van der Waals surface area contributed by atoms with Gasteiger partial charge in [0.2, 0.25) is 11.8 Å². The fourth-order valence-corrected chi connectivity index (χ4v) is 2.84. The number of ether oxygens (including phenoxy) is 1. The summed E-state index contributed by atoms with van der Waals surface area (Å²) in [6.07, 6.45) is 3.95. The first kappa shape index (κ1) is 24.5. The number of hydrogen-bond donors (Lipinski definition) is 3. The molecule has 0 spiro atoms. The van der Waals surface area contributed by atoms with Gasteiger partial charge in [-0.3, -0.25) is 9.59 Å². The minimum atomic E-state index is -0.858. The second-order valence-electron chi connectivity index (χ2n) is 8.20. The molecular formula is C22H35N3O4. The first-order chi connectivity index (χ1) is 13.6. The zero-order valence-corrected chi connectivity index (χ0v) is 18.0. The van der Waals surface area contributed by atoms with Crippen LogP contribution < -0.4 is 16.4 Å². The van der Waals surface area contributed by atoms with E-state index in [-0.39, 0.29) is 6.42 Å². The summed E-state index contributed by atoms with van der Waals surface area (Å²) in [6, 6.07) is 7.67. The summed E-state index contributed by atoms with van der Waals surface area (Å²) in [4.78, 5) is 36.9. The first-order valence-corrected chi connectivity index (χ1v) is 10.3. The van der Waals surface area contributed by atoms with Crippen molar-refractivity contribution in [1.29, 1.82) is 0 Å². The molecule has 4 N–H and O–H groups in total. The Morgan fingerprint density at radius 2 is 1.66 bits per heavy atom. The molecule has 0 radical (unpaired) electrons. The molecule has 0 saturated heterocycles. The van der Waals surface area contributed by atoms with Crippen LogP contribution in [0.1, 0.15) is 65.4 Å². The Morgan fingerprint density at radius 1 is 1.00 bits per heavy atom. The molecule has 3 amide bonds. The molecule has 7 nitrogen and oxygen atoms in total. The third-order valence-corrected chi connectivity index (χ3v) is 4.30. The Balaban J connectivity index is 2.80. The molecule has 2 atom stereocenters. The van der Waals surface area contributed by atoms with Crippen LogP contribution in [0.15, 0.2) is 30.3 Å². The summed E-state index contributed by atoms with van der Waals surface area (Å²) in [6.45, 7) is 7.37. The van der Waals surface area contributed by atoms with Crippen LogP contribution in [0.5, 0.6) is 0 Å². The van der Waals surface area contributed by atoms with Crippen molar-refractivity contribution in [1.82, 2.24) is 10.6 Å². The van der Waals surface area contributed by atoms with Gasteiger partial charge in [0, 0.05) is 6.42 Å². The Bertz CT molecular complexity index is 656. The summed E-state index contributed by atoms with van der Waals surface area (Å²) in [7, 11) is 0. The van der Waals surface area contributed by atoms with Crippen molar-refractivity contribution in [2.75, 3.05) is 0 Å². The maximum atomic E-state index is 12.8. The molecule has 7 heteroatoms. The predicted molar refractivity (Wildman–Crippen MR) is 113 cm³/mol. The van der Waals surface area contributed by atoms with Gasteiger partial charge in [0.15, 0.2) is 0 Å². The molecule has 0 aliphatic heterocycles. The van der Waals surface area contributed by atoms with E-state index in [1.807, 2.05) is 30.3 Å². The Labute approximate surface area is 173 Å². The lowest BCUT2D eigenvalue weighted by Gasteiger charge is -2.25. The maximum absolute atomic E-state index is 12.8. The lowest BCUT2D eigenvalue weighted by Crippen LogP contribution is -2.54. The van der Waals surface area contributed by atoms with Gasteiger partial charge in [-0.25, -0.2) is 4.79 Å². The molecule has 29 heavy (non-hydrogen) atoms. The van der Waals surface area contributed by atoms with Crippen LogP contribution in [-0.2, 0) is 20.7 Å². The maximum Gasteiger partial charge on any atom is 0.408 e. The van der Waals surface area contributed by atoms with Crippen molar-refractivity contribution in [3.63, 3.8) is 0 Å². The zero-order valence-electron chi connectivity index (χ0n) is 18.0. The monoisotopic (exact) mass is 405 g/mol. The second-order valence-corrected chi connectivity index (χ2v) is 8.20. The van der Waals surface area contributed by atoms with E-state index in [0.717, 1.165) is 31.2 Å². The molecule has 0 bridgehead atoms. The van der Waals surface area contributed by atoms with Crippen LogP contribution in [0.3, 0.4) is 0 Å². The molecule has 0 fully saturated rings. The normalized spacial score (nSPS) is 13.2. The van der Waals surface area contributed by atoms with Gasteiger partial charge in [0.1, 0.15) is 17.7 Å². The van der Waals surface area contributed by atoms with Crippen LogP contribution in [0.25, 0.3) is 0 Å². The lowest BCUT2D eigenvalue weighted by molar-refractivity contribution is -0.128. The number of rotatable bonds is 11. The predicted octanol–water partition coefficient (Wildman–Crippen LogP) is 3.06. The van der Waals surface area contributed by atoms with Crippen molar-refractivity contribution in [2.24, 2.45) is 5.73 Å². The van der Waals surface area contributed by atoms with E-state index < -0.39 is 35.6 Å². The molecule has 0 aromatic heterocycles. The van der Waals surface area contributed by atoms with E-state index in [1.165, 1.54) is 0 Å². The average Bonchev–Trinajstić information content (AvgIpc) is 2.62. The highest BCUT2D eigenvalue weighted by atomic mass is 16.6. The summed E-state index contributed by atoms with van der Waals surface area (Å²) < 4.78 is 5.27. The Kier molecular flexibility index (Phi) is 10.2. The number of alkyl carbamates (subject to hydrolysis) is 1. The fourth-order valence-electron chi connectivity index (χ4n) is 2.84. The standard InChI is InChI=1S/C22H35N3O4/c1-5-6-7-11-14-17(25-21(28)29-22(2,3)4)20(27)24-18(19(23)26)15-16-12-9-8-10-13-16/h8-10,12-13,17-18H,5-7,11,14-15H2,1-4H3,(H2,23,26)(H,24,27)(H,25,28)/t17-,18-/m0/s1. The smallest absolute Gasteiger partial charge is 0.408 e. The lowest BCUT2D eigenvalue weighted by atomic mass is 10.0. The number of carbonyl (C=O) groups is 3. The number of benzene rings is 1. The van der Waals surface area contributed by atoms with Crippen LogP contribution in [0.2, 0.25) is 0 Å². The minimum absolute atomic E-state index is 0.289. The molecule has 1 aromatic carbocycles. The van der Waals surface area contributed by atoms with Crippen LogP contribution >= 0.6 is 0 Å². The van der Waals surface area contributed by atoms with Crippen LogP contribution in [-0.4, -0.2) is 35.6 Å². The molecule has 0 aliphatic carbocycles. The van der Waals surface area contributed by atoms with E-state index in [1.54, 1.807) is 20.8 Å². The highest BCUT2D eigenvalue weighted by molar-refractivity contribution is 5.90. The number of amides is 3. The number of unbranched alkanes of at least 4 members (excludes halogenated alkanes) is 3. The van der Waals surface area contributed by atoms with Crippen molar-refractivity contribution in [2.45, 2.75) is 83.9 Å². The van der Waals surface area contributed by atoms with Crippen molar-refractivity contribution < 1.29 is 19.1 Å². The number of nitrogens with one attached hydrogen (secondary N) is 2. The quantitative estimate of drug-likeness (QED) is 0.491. The van der Waals surface area contributed by atoms with Gasteiger partial charge in [-0.05, 0) is 32.8 Å². The van der Waals surface area contributed by atoms with Crippen molar-refractivity contribution in [3.8, 4) is 0 Å². The highest BCUT2D eigenvalue weighted by Gasteiger charge is 2.27.